The third kappa shape index (κ3) is 3.19. The topological polar surface area (TPSA) is 32.3 Å². The van der Waals surface area contributed by atoms with Crippen LogP contribution in [0, 0.1) is 0 Å². The van der Waals surface area contributed by atoms with E-state index in [1.165, 1.54) is 5.56 Å². The average molecular weight is 241 g/mol. The van der Waals surface area contributed by atoms with Crippen LogP contribution in [0.1, 0.15) is 29.7 Å². The van der Waals surface area contributed by atoms with Gasteiger partial charge in [-0.2, -0.15) is 0 Å². The Kier molecular flexibility index (Phi) is 4.51. The van der Waals surface area contributed by atoms with Crippen molar-refractivity contribution in [3.05, 3.63) is 71.8 Å². The molecule has 0 aliphatic rings. The number of hydrogen-bond acceptors (Lipinski definition) is 2. The van der Waals surface area contributed by atoms with Crippen LogP contribution in [0.4, 0.5) is 0 Å². The molecular weight excluding hydrogens is 222 g/mol. The number of nitrogens with one attached hydrogen (secondary N) is 1. The molecule has 18 heavy (non-hydrogen) atoms. The van der Waals surface area contributed by atoms with Gasteiger partial charge >= 0.3 is 0 Å². The molecule has 2 heteroatoms. The predicted molar refractivity (Wildman–Crippen MR) is 74.3 cm³/mol. The van der Waals surface area contributed by atoms with Crippen LogP contribution in [-0.2, 0) is 0 Å². The lowest BCUT2D eigenvalue weighted by molar-refractivity contribution is 0.153. The van der Waals surface area contributed by atoms with E-state index in [0.717, 1.165) is 5.56 Å². The summed E-state index contributed by atoms with van der Waals surface area (Å²) in [4.78, 5) is 0. The quantitative estimate of drug-likeness (QED) is 0.843. The Bertz CT molecular complexity index is 455. The highest BCUT2D eigenvalue weighted by atomic mass is 16.3. The molecule has 0 fully saturated rings. The van der Waals surface area contributed by atoms with Gasteiger partial charge in [-0.05, 0) is 24.6 Å². The minimum atomic E-state index is -0.441. The Morgan fingerprint density at radius 3 is 1.89 bits per heavy atom. The van der Waals surface area contributed by atoms with Gasteiger partial charge in [0.2, 0.25) is 0 Å². The normalized spacial score (nSPS) is 14.1. The van der Waals surface area contributed by atoms with Crippen molar-refractivity contribution in [3.63, 3.8) is 0 Å². The lowest BCUT2D eigenvalue weighted by Gasteiger charge is -2.20. The summed E-state index contributed by atoms with van der Waals surface area (Å²) in [5, 5.41) is 13.5. The number of aliphatic hydroxyl groups is 1. The molecule has 94 valence electrons. The molecule has 2 aromatic rings. The van der Waals surface area contributed by atoms with Crippen molar-refractivity contribution in [2.75, 3.05) is 7.05 Å². The molecule has 2 nitrogen and oxygen atoms in total. The summed E-state index contributed by atoms with van der Waals surface area (Å²) >= 11 is 0. The van der Waals surface area contributed by atoms with Gasteiger partial charge in [0.15, 0.2) is 0 Å². The fourth-order valence-corrected chi connectivity index (χ4v) is 2.14. The van der Waals surface area contributed by atoms with Gasteiger partial charge in [-0.3, -0.25) is 0 Å². The summed E-state index contributed by atoms with van der Waals surface area (Å²) < 4.78 is 0. The van der Waals surface area contributed by atoms with E-state index in [0.29, 0.717) is 6.42 Å². The maximum Gasteiger partial charge on any atom is 0.0808 e. The third-order valence-electron chi connectivity index (χ3n) is 3.19. The van der Waals surface area contributed by atoms with Gasteiger partial charge in [-0.15, -0.1) is 0 Å². The Balaban J connectivity index is 2.07. The minimum absolute atomic E-state index is 0.168. The fraction of sp³-hybridized carbons (Fsp3) is 0.250. The Morgan fingerprint density at radius 1 is 0.889 bits per heavy atom. The number of aliphatic hydroxyl groups excluding tert-OH is 1. The Labute approximate surface area is 108 Å². The molecule has 2 N–H and O–H groups in total. The maximum atomic E-state index is 10.2. The predicted octanol–water partition coefficient (Wildman–Crippen LogP) is 3.07. The van der Waals surface area contributed by atoms with Crippen LogP contribution in [0.5, 0.6) is 0 Å². The SMILES string of the molecule is CN[C@H](C[C@H](O)c1ccccc1)c1ccccc1. The van der Waals surface area contributed by atoms with Crippen LogP contribution in [0.3, 0.4) is 0 Å². The summed E-state index contributed by atoms with van der Waals surface area (Å²) in [7, 11) is 1.93. The van der Waals surface area contributed by atoms with Crippen molar-refractivity contribution in [3.8, 4) is 0 Å². The summed E-state index contributed by atoms with van der Waals surface area (Å²) in [6.45, 7) is 0. The van der Waals surface area contributed by atoms with Crippen molar-refractivity contribution in [1.82, 2.24) is 5.32 Å². The largest absolute Gasteiger partial charge is 0.388 e. The molecule has 0 unspecified atom stereocenters. The van der Waals surface area contributed by atoms with Crippen LogP contribution in [0.15, 0.2) is 60.7 Å². The molecule has 0 bridgehead atoms. The molecule has 0 aliphatic carbocycles. The number of hydrogen-bond donors (Lipinski definition) is 2. The van der Waals surface area contributed by atoms with Crippen LogP contribution < -0.4 is 5.32 Å². The first kappa shape index (κ1) is 12.8. The van der Waals surface area contributed by atoms with Crippen molar-refractivity contribution in [2.24, 2.45) is 0 Å². The van der Waals surface area contributed by atoms with E-state index in [1.54, 1.807) is 0 Å². The highest BCUT2D eigenvalue weighted by Gasteiger charge is 2.15. The molecule has 0 aliphatic heterocycles. The van der Waals surface area contributed by atoms with Crippen LogP contribution in [-0.4, -0.2) is 12.2 Å². The van der Waals surface area contributed by atoms with Gasteiger partial charge in [0.25, 0.3) is 0 Å². The zero-order chi connectivity index (χ0) is 12.8. The first-order chi connectivity index (χ1) is 8.81. The first-order valence-electron chi connectivity index (χ1n) is 6.26. The molecule has 0 spiro atoms. The molecule has 0 aromatic heterocycles. The third-order valence-corrected chi connectivity index (χ3v) is 3.19. The summed E-state index contributed by atoms with van der Waals surface area (Å²) in [6, 6.07) is 20.2. The molecule has 2 rings (SSSR count). The van der Waals surface area contributed by atoms with E-state index in [-0.39, 0.29) is 6.04 Å². The zero-order valence-electron chi connectivity index (χ0n) is 10.6. The van der Waals surface area contributed by atoms with Gasteiger partial charge in [0.05, 0.1) is 6.10 Å². The smallest absolute Gasteiger partial charge is 0.0808 e. The van der Waals surface area contributed by atoms with Crippen LogP contribution >= 0.6 is 0 Å². The molecule has 0 heterocycles. The molecule has 0 saturated carbocycles. The van der Waals surface area contributed by atoms with E-state index in [2.05, 4.69) is 17.4 Å². The molecule has 0 radical (unpaired) electrons. The van der Waals surface area contributed by atoms with E-state index in [1.807, 2.05) is 55.6 Å². The Morgan fingerprint density at radius 2 is 1.39 bits per heavy atom. The molecule has 0 amide bonds. The lowest BCUT2D eigenvalue weighted by Crippen LogP contribution is -2.19. The van der Waals surface area contributed by atoms with Gasteiger partial charge in [-0.1, -0.05) is 60.7 Å². The molecule has 2 atom stereocenters. The molecule has 2 aromatic carbocycles. The monoisotopic (exact) mass is 241 g/mol. The summed E-state index contributed by atoms with van der Waals surface area (Å²) in [6.07, 6.45) is 0.230. The van der Waals surface area contributed by atoms with Crippen LogP contribution in [0.25, 0.3) is 0 Å². The van der Waals surface area contributed by atoms with E-state index >= 15 is 0 Å². The minimum Gasteiger partial charge on any atom is -0.388 e. The molecular formula is C16H19NO. The van der Waals surface area contributed by atoms with Gasteiger partial charge in [0, 0.05) is 6.04 Å². The van der Waals surface area contributed by atoms with Gasteiger partial charge in [0.1, 0.15) is 0 Å². The fourth-order valence-electron chi connectivity index (χ4n) is 2.14. The van der Waals surface area contributed by atoms with Gasteiger partial charge < -0.3 is 10.4 Å². The second kappa shape index (κ2) is 6.34. The number of rotatable bonds is 5. The second-order valence-electron chi connectivity index (χ2n) is 4.41. The second-order valence-corrected chi connectivity index (χ2v) is 4.41. The zero-order valence-corrected chi connectivity index (χ0v) is 10.6. The van der Waals surface area contributed by atoms with Crippen molar-refractivity contribution < 1.29 is 5.11 Å². The van der Waals surface area contributed by atoms with Crippen molar-refractivity contribution >= 4 is 0 Å². The van der Waals surface area contributed by atoms with E-state index < -0.39 is 6.10 Å². The Hall–Kier alpha value is -1.64. The lowest BCUT2D eigenvalue weighted by atomic mass is 9.97. The standard InChI is InChI=1S/C16H19NO/c1-17-15(13-8-4-2-5-9-13)12-16(18)14-10-6-3-7-11-14/h2-11,15-18H,12H2,1H3/t15-,16+/m1/s1. The van der Waals surface area contributed by atoms with E-state index in [9.17, 15) is 5.11 Å². The van der Waals surface area contributed by atoms with Crippen molar-refractivity contribution in [1.29, 1.82) is 0 Å². The average Bonchev–Trinajstić information content (AvgIpc) is 2.46. The first-order valence-corrected chi connectivity index (χ1v) is 6.26. The summed E-state index contributed by atoms with van der Waals surface area (Å²) in [5.74, 6) is 0. The maximum absolute atomic E-state index is 10.2. The van der Waals surface area contributed by atoms with Gasteiger partial charge in [-0.25, -0.2) is 0 Å². The van der Waals surface area contributed by atoms with Crippen LogP contribution in [0.2, 0.25) is 0 Å². The molecule has 0 saturated heterocycles. The summed E-state index contributed by atoms with van der Waals surface area (Å²) in [5.41, 5.74) is 2.17. The highest BCUT2D eigenvalue weighted by molar-refractivity contribution is 5.21. The highest BCUT2D eigenvalue weighted by Crippen LogP contribution is 2.25. The number of benzene rings is 2. The van der Waals surface area contributed by atoms with E-state index in [4.69, 9.17) is 0 Å². The van der Waals surface area contributed by atoms with Crippen molar-refractivity contribution in [2.45, 2.75) is 18.6 Å².